The number of ketones is 1. The van der Waals surface area contributed by atoms with Crippen molar-refractivity contribution in [2.24, 2.45) is 0 Å². The molecule has 0 aliphatic rings. The summed E-state index contributed by atoms with van der Waals surface area (Å²) in [6.07, 6.45) is 3.58. The molecule has 3 aromatic carbocycles. The number of aromatic nitrogens is 2. The van der Waals surface area contributed by atoms with Gasteiger partial charge in [0.15, 0.2) is 5.78 Å². The zero-order valence-corrected chi connectivity index (χ0v) is 17.8. The lowest BCUT2D eigenvalue weighted by atomic mass is 9.98. The number of hydrogen-bond donors (Lipinski definition) is 1. The van der Waals surface area contributed by atoms with Gasteiger partial charge in [0.25, 0.3) is 5.91 Å². The van der Waals surface area contributed by atoms with E-state index in [1.165, 1.54) is 0 Å². The van der Waals surface area contributed by atoms with Gasteiger partial charge in [-0.2, -0.15) is 5.10 Å². The molecule has 6 nitrogen and oxygen atoms in total. The van der Waals surface area contributed by atoms with Gasteiger partial charge in [-0.3, -0.25) is 14.3 Å². The van der Waals surface area contributed by atoms with Crippen molar-refractivity contribution < 1.29 is 14.3 Å². The van der Waals surface area contributed by atoms with E-state index >= 15 is 0 Å². The lowest BCUT2D eigenvalue weighted by molar-refractivity contribution is 0.0996. The Bertz CT molecular complexity index is 1220. The molecule has 7 heteroatoms. The number of carbonyl (C=O) groups is 2. The Morgan fingerprint density at radius 1 is 0.938 bits per heavy atom. The molecule has 1 N–H and O–H groups in total. The van der Waals surface area contributed by atoms with Crippen LogP contribution in [0.1, 0.15) is 26.3 Å². The summed E-state index contributed by atoms with van der Waals surface area (Å²) in [5, 5.41) is 7.52. The highest BCUT2D eigenvalue weighted by Gasteiger charge is 2.18. The molecule has 0 bridgehead atoms. The Kier molecular flexibility index (Phi) is 6.63. The standard InChI is InChI=1S/C25H20ClN3O3/c26-19-11-9-18(10-12-19)24(30)22-7-1-2-8-23(22)25(31)28-20-5-3-6-21(17-20)32-16-15-29-14-4-13-27-29/h1-14,17H,15-16H2,(H,28,31). The second-order valence-corrected chi connectivity index (χ2v) is 7.42. The van der Waals surface area contributed by atoms with Crippen LogP contribution >= 0.6 is 11.6 Å². The molecule has 0 saturated carbocycles. The second-order valence-electron chi connectivity index (χ2n) is 6.98. The zero-order valence-electron chi connectivity index (χ0n) is 17.1. The molecule has 0 fully saturated rings. The molecule has 4 aromatic rings. The molecule has 0 aliphatic carbocycles. The minimum absolute atomic E-state index is 0.247. The minimum Gasteiger partial charge on any atom is -0.492 e. The van der Waals surface area contributed by atoms with Gasteiger partial charge in [-0.25, -0.2) is 0 Å². The molecule has 32 heavy (non-hydrogen) atoms. The highest BCUT2D eigenvalue weighted by Crippen LogP contribution is 2.21. The predicted octanol–water partition coefficient (Wildman–Crippen LogP) is 5.10. The third-order valence-corrected chi connectivity index (χ3v) is 5.01. The van der Waals surface area contributed by atoms with Gasteiger partial charge >= 0.3 is 0 Å². The second kappa shape index (κ2) is 9.94. The number of carbonyl (C=O) groups excluding carboxylic acids is 2. The Morgan fingerprint density at radius 2 is 1.72 bits per heavy atom. The van der Waals surface area contributed by atoms with Gasteiger partial charge < -0.3 is 10.1 Å². The summed E-state index contributed by atoms with van der Waals surface area (Å²) in [6, 6.07) is 22.3. The van der Waals surface area contributed by atoms with Crippen LogP contribution in [0.15, 0.2) is 91.3 Å². The summed E-state index contributed by atoms with van der Waals surface area (Å²) in [5.74, 6) is 0.000193. The molecule has 0 spiro atoms. The lowest BCUT2D eigenvalue weighted by Crippen LogP contribution is -2.17. The maximum Gasteiger partial charge on any atom is 0.256 e. The van der Waals surface area contributed by atoms with Crippen molar-refractivity contribution in [3.63, 3.8) is 0 Å². The van der Waals surface area contributed by atoms with E-state index in [1.807, 2.05) is 18.3 Å². The van der Waals surface area contributed by atoms with E-state index in [0.717, 1.165) is 0 Å². The number of amides is 1. The molecule has 0 aliphatic heterocycles. The van der Waals surface area contributed by atoms with Crippen molar-refractivity contribution in [2.45, 2.75) is 6.54 Å². The van der Waals surface area contributed by atoms with Crippen LogP contribution in [0, 0.1) is 0 Å². The highest BCUT2D eigenvalue weighted by molar-refractivity contribution is 6.30. The Balaban J connectivity index is 1.46. The van der Waals surface area contributed by atoms with E-state index in [1.54, 1.807) is 77.6 Å². The minimum atomic E-state index is -0.378. The van der Waals surface area contributed by atoms with Gasteiger partial charge in [-0.05, 0) is 48.5 Å². The average molecular weight is 446 g/mol. The Morgan fingerprint density at radius 3 is 2.47 bits per heavy atom. The molecular formula is C25H20ClN3O3. The third-order valence-electron chi connectivity index (χ3n) is 4.76. The number of nitrogens with zero attached hydrogens (tertiary/aromatic N) is 2. The molecule has 0 saturated heterocycles. The molecule has 1 amide bonds. The van der Waals surface area contributed by atoms with Crippen molar-refractivity contribution in [3.05, 3.63) is 113 Å². The van der Waals surface area contributed by atoms with Crippen molar-refractivity contribution in [3.8, 4) is 5.75 Å². The Hall–Kier alpha value is -3.90. The first-order chi connectivity index (χ1) is 15.6. The largest absolute Gasteiger partial charge is 0.492 e. The molecule has 160 valence electrons. The van der Waals surface area contributed by atoms with E-state index in [2.05, 4.69) is 10.4 Å². The van der Waals surface area contributed by atoms with Crippen LogP contribution in [0.5, 0.6) is 5.75 Å². The van der Waals surface area contributed by atoms with Gasteiger partial charge in [0.2, 0.25) is 0 Å². The fourth-order valence-corrected chi connectivity index (χ4v) is 3.31. The van der Waals surface area contributed by atoms with Gasteiger partial charge in [0.05, 0.1) is 12.1 Å². The molecule has 0 atom stereocenters. The van der Waals surface area contributed by atoms with Crippen LogP contribution in [0.3, 0.4) is 0 Å². The summed E-state index contributed by atoms with van der Waals surface area (Å²) in [5.41, 5.74) is 1.64. The number of halogens is 1. The molecular weight excluding hydrogens is 426 g/mol. The van der Waals surface area contributed by atoms with Crippen molar-refractivity contribution in [1.82, 2.24) is 9.78 Å². The summed E-state index contributed by atoms with van der Waals surface area (Å²) >= 11 is 5.91. The maximum atomic E-state index is 13.0. The zero-order chi connectivity index (χ0) is 22.3. The van der Waals surface area contributed by atoms with Gasteiger partial charge in [0.1, 0.15) is 12.4 Å². The number of benzene rings is 3. The van der Waals surface area contributed by atoms with E-state index in [-0.39, 0.29) is 17.3 Å². The summed E-state index contributed by atoms with van der Waals surface area (Å²) in [6.45, 7) is 1.06. The number of rotatable bonds is 8. The fraction of sp³-hybridized carbons (Fsp3) is 0.0800. The monoisotopic (exact) mass is 445 g/mol. The van der Waals surface area contributed by atoms with Crippen LogP contribution in [0.4, 0.5) is 5.69 Å². The van der Waals surface area contributed by atoms with Crippen LogP contribution in [-0.2, 0) is 6.54 Å². The number of ether oxygens (including phenoxy) is 1. The van der Waals surface area contributed by atoms with Crippen molar-refractivity contribution in [1.29, 1.82) is 0 Å². The molecule has 4 rings (SSSR count). The van der Waals surface area contributed by atoms with Crippen molar-refractivity contribution >= 4 is 29.0 Å². The Labute approximate surface area is 190 Å². The number of anilines is 1. The fourth-order valence-electron chi connectivity index (χ4n) is 3.19. The lowest BCUT2D eigenvalue weighted by Gasteiger charge is -2.11. The highest BCUT2D eigenvalue weighted by atomic mass is 35.5. The SMILES string of the molecule is O=C(Nc1cccc(OCCn2cccn2)c1)c1ccccc1C(=O)c1ccc(Cl)cc1. The quantitative estimate of drug-likeness (QED) is 0.383. The maximum absolute atomic E-state index is 13.0. The van der Waals surface area contributed by atoms with E-state index < -0.39 is 0 Å². The first-order valence-corrected chi connectivity index (χ1v) is 10.4. The van der Waals surface area contributed by atoms with Crippen LogP contribution in [0.2, 0.25) is 5.02 Å². The van der Waals surface area contributed by atoms with E-state index in [0.29, 0.717) is 40.7 Å². The topological polar surface area (TPSA) is 73.2 Å². The van der Waals surface area contributed by atoms with Crippen LogP contribution in [-0.4, -0.2) is 28.1 Å². The van der Waals surface area contributed by atoms with E-state index in [9.17, 15) is 9.59 Å². The molecule has 0 unspecified atom stereocenters. The van der Waals surface area contributed by atoms with Gasteiger partial charge in [-0.15, -0.1) is 0 Å². The molecule has 1 heterocycles. The number of nitrogens with one attached hydrogen (secondary N) is 1. The normalized spacial score (nSPS) is 10.5. The average Bonchev–Trinajstić information content (AvgIpc) is 3.33. The predicted molar refractivity (Wildman–Crippen MR) is 123 cm³/mol. The van der Waals surface area contributed by atoms with Crippen LogP contribution in [0.25, 0.3) is 0 Å². The van der Waals surface area contributed by atoms with Gasteiger partial charge in [-0.1, -0.05) is 35.9 Å². The smallest absolute Gasteiger partial charge is 0.256 e. The van der Waals surface area contributed by atoms with Crippen molar-refractivity contribution in [2.75, 3.05) is 11.9 Å². The van der Waals surface area contributed by atoms with E-state index in [4.69, 9.17) is 16.3 Å². The number of hydrogen-bond acceptors (Lipinski definition) is 4. The summed E-state index contributed by atoms with van der Waals surface area (Å²) < 4.78 is 7.54. The van der Waals surface area contributed by atoms with Crippen LogP contribution < -0.4 is 10.1 Å². The third kappa shape index (κ3) is 5.22. The first kappa shape index (κ1) is 21.3. The first-order valence-electron chi connectivity index (χ1n) is 10.0. The van der Waals surface area contributed by atoms with Gasteiger partial charge in [0, 0.05) is 40.3 Å². The molecule has 1 aromatic heterocycles. The summed E-state index contributed by atoms with van der Waals surface area (Å²) in [7, 11) is 0. The molecule has 0 radical (unpaired) electrons. The summed E-state index contributed by atoms with van der Waals surface area (Å²) in [4.78, 5) is 25.9.